The van der Waals surface area contributed by atoms with Crippen LogP contribution in [0, 0.1) is 5.92 Å². The lowest BCUT2D eigenvalue weighted by molar-refractivity contribution is 0.0902. The van der Waals surface area contributed by atoms with E-state index in [0.717, 1.165) is 32.5 Å². The Hall–Kier alpha value is -2.25. The third kappa shape index (κ3) is 5.39. The highest BCUT2D eigenvalue weighted by Gasteiger charge is 2.27. The van der Waals surface area contributed by atoms with Gasteiger partial charge >= 0.3 is 0 Å². The second kappa shape index (κ2) is 8.84. The highest BCUT2D eigenvalue weighted by atomic mass is 35.5. The van der Waals surface area contributed by atoms with Gasteiger partial charge in [0, 0.05) is 30.7 Å². The average Bonchev–Trinajstić information content (AvgIpc) is 2.68. The summed E-state index contributed by atoms with van der Waals surface area (Å²) in [6.07, 6.45) is 6.83. The minimum Gasteiger partial charge on any atom is -0.368 e. The van der Waals surface area contributed by atoms with E-state index >= 15 is 0 Å². The van der Waals surface area contributed by atoms with Crippen LogP contribution in [0.5, 0.6) is 0 Å². The van der Waals surface area contributed by atoms with Gasteiger partial charge in [-0.1, -0.05) is 11.6 Å². The summed E-state index contributed by atoms with van der Waals surface area (Å²) in [7, 11) is 0. The van der Waals surface area contributed by atoms with E-state index in [-0.39, 0.29) is 17.1 Å². The number of amides is 1. The van der Waals surface area contributed by atoms with Crippen LogP contribution >= 0.6 is 11.6 Å². The molecule has 2 aromatic rings. The molecule has 0 aromatic carbocycles. The summed E-state index contributed by atoms with van der Waals surface area (Å²) < 4.78 is 0. The van der Waals surface area contributed by atoms with Crippen molar-refractivity contribution in [2.45, 2.75) is 39.2 Å². The van der Waals surface area contributed by atoms with E-state index in [2.05, 4.69) is 51.3 Å². The van der Waals surface area contributed by atoms with Crippen molar-refractivity contribution in [2.24, 2.45) is 5.92 Å². The maximum absolute atomic E-state index is 12.6. The Morgan fingerprint density at radius 3 is 2.54 bits per heavy atom. The smallest absolute Gasteiger partial charge is 0.279 e. The van der Waals surface area contributed by atoms with Crippen LogP contribution in [0.15, 0.2) is 30.7 Å². The maximum Gasteiger partial charge on any atom is 0.279 e. The van der Waals surface area contributed by atoms with Gasteiger partial charge in [-0.05, 0) is 64.8 Å². The molecule has 0 aliphatic carbocycles. The van der Waals surface area contributed by atoms with Gasteiger partial charge in [0.05, 0.1) is 5.02 Å². The van der Waals surface area contributed by atoms with E-state index in [0.29, 0.717) is 22.6 Å². The highest BCUT2D eigenvalue weighted by molar-refractivity contribution is 6.30. The molecule has 7 nitrogen and oxygen atoms in total. The van der Waals surface area contributed by atoms with Crippen LogP contribution in [-0.4, -0.2) is 50.9 Å². The van der Waals surface area contributed by atoms with E-state index in [1.165, 1.54) is 12.4 Å². The van der Waals surface area contributed by atoms with Crippen LogP contribution in [0.2, 0.25) is 5.02 Å². The Morgan fingerprint density at radius 1 is 1.18 bits per heavy atom. The Balaban J connectivity index is 1.58. The number of hydrogen-bond acceptors (Lipinski definition) is 6. The fraction of sp³-hybridized carbons (Fsp3) is 0.500. The van der Waals surface area contributed by atoms with Gasteiger partial charge in [0.15, 0.2) is 11.5 Å². The van der Waals surface area contributed by atoms with E-state index in [1.807, 2.05) is 0 Å². The molecule has 1 aliphatic heterocycles. The number of rotatable bonds is 5. The van der Waals surface area contributed by atoms with Crippen molar-refractivity contribution in [3.63, 3.8) is 0 Å². The van der Waals surface area contributed by atoms with Crippen molar-refractivity contribution in [1.82, 2.24) is 19.9 Å². The van der Waals surface area contributed by atoms with E-state index in [4.69, 9.17) is 11.6 Å². The normalized spacial score (nSPS) is 16.0. The molecule has 1 aliphatic rings. The zero-order valence-electron chi connectivity index (χ0n) is 16.6. The zero-order valence-corrected chi connectivity index (χ0v) is 17.3. The van der Waals surface area contributed by atoms with Crippen LogP contribution in [-0.2, 0) is 0 Å². The van der Waals surface area contributed by atoms with Crippen LogP contribution in [0.1, 0.15) is 44.1 Å². The summed E-state index contributed by atoms with van der Waals surface area (Å²) in [5.41, 5.74) is 0.468. The Morgan fingerprint density at radius 2 is 1.89 bits per heavy atom. The number of pyridine rings is 1. The quantitative estimate of drug-likeness (QED) is 0.793. The zero-order chi connectivity index (χ0) is 20.1. The molecule has 0 radical (unpaired) electrons. The fourth-order valence-corrected chi connectivity index (χ4v) is 3.42. The minimum atomic E-state index is -0.354. The number of carbonyl (C=O) groups is 1. The van der Waals surface area contributed by atoms with Gasteiger partial charge in [0.2, 0.25) is 0 Å². The molecule has 0 unspecified atom stereocenters. The molecule has 0 spiro atoms. The number of anilines is 2. The number of halogens is 1. The minimum absolute atomic E-state index is 0.213. The molecule has 1 amide bonds. The number of piperidine rings is 1. The SMILES string of the molecule is CC(C)(C)N1CCC(CNc2nccnc2C(=O)Nc2ccc(Cl)cn2)CC1. The topological polar surface area (TPSA) is 83.0 Å². The monoisotopic (exact) mass is 402 g/mol. The molecule has 150 valence electrons. The molecule has 1 saturated heterocycles. The molecule has 3 rings (SSSR count). The summed E-state index contributed by atoms with van der Waals surface area (Å²) in [5, 5.41) is 6.56. The number of nitrogens with one attached hydrogen (secondary N) is 2. The first-order valence-electron chi connectivity index (χ1n) is 9.56. The molecule has 28 heavy (non-hydrogen) atoms. The van der Waals surface area contributed by atoms with Crippen molar-refractivity contribution in [2.75, 3.05) is 30.3 Å². The van der Waals surface area contributed by atoms with E-state index in [1.54, 1.807) is 18.3 Å². The Bertz CT molecular complexity index is 797. The Kier molecular flexibility index (Phi) is 6.46. The summed E-state index contributed by atoms with van der Waals surface area (Å²) in [6.45, 7) is 9.72. The third-order valence-electron chi connectivity index (χ3n) is 5.00. The van der Waals surface area contributed by atoms with Crippen molar-refractivity contribution in [3.8, 4) is 0 Å². The van der Waals surface area contributed by atoms with Crippen LogP contribution in [0.3, 0.4) is 0 Å². The first kappa shape index (κ1) is 20.5. The summed E-state index contributed by atoms with van der Waals surface area (Å²) in [4.78, 5) is 27.7. The molecule has 0 bridgehead atoms. The van der Waals surface area contributed by atoms with E-state index < -0.39 is 0 Å². The maximum atomic E-state index is 12.6. The number of hydrogen-bond donors (Lipinski definition) is 2. The van der Waals surface area contributed by atoms with Gasteiger partial charge in [0.1, 0.15) is 5.82 Å². The highest BCUT2D eigenvalue weighted by Crippen LogP contribution is 2.24. The molecule has 3 heterocycles. The van der Waals surface area contributed by atoms with Crippen LogP contribution in [0.4, 0.5) is 11.6 Å². The lowest BCUT2D eigenvalue weighted by Gasteiger charge is -2.41. The fourth-order valence-electron chi connectivity index (χ4n) is 3.31. The van der Waals surface area contributed by atoms with Gasteiger partial charge < -0.3 is 10.6 Å². The first-order valence-corrected chi connectivity index (χ1v) is 9.93. The third-order valence-corrected chi connectivity index (χ3v) is 5.23. The predicted molar refractivity (Wildman–Crippen MR) is 112 cm³/mol. The molecule has 2 aromatic heterocycles. The predicted octanol–water partition coefficient (Wildman–Crippen LogP) is 3.70. The first-order chi connectivity index (χ1) is 13.3. The van der Waals surface area contributed by atoms with Crippen molar-refractivity contribution >= 4 is 29.1 Å². The van der Waals surface area contributed by atoms with Crippen molar-refractivity contribution < 1.29 is 4.79 Å². The molecule has 2 N–H and O–H groups in total. The number of carbonyl (C=O) groups excluding carboxylic acids is 1. The van der Waals surface area contributed by atoms with Gasteiger partial charge in [-0.25, -0.2) is 15.0 Å². The summed E-state index contributed by atoms with van der Waals surface area (Å²) in [5.74, 6) is 1.11. The van der Waals surface area contributed by atoms with E-state index in [9.17, 15) is 4.79 Å². The largest absolute Gasteiger partial charge is 0.368 e. The van der Waals surface area contributed by atoms with Crippen LogP contribution in [0.25, 0.3) is 0 Å². The second-order valence-corrected chi connectivity index (χ2v) is 8.49. The molecule has 0 saturated carbocycles. The van der Waals surface area contributed by atoms with Gasteiger partial charge in [-0.3, -0.25) is 9.69 Å². The number of nitrogens with zero attached hydrogens (tertiary/aromatic N) is 4. The summed E-state index contributed by atoms with van der Waals surface area (Å²) in [6, 6.07) is 3.32. The number of likely N-dealkylation sites (tertiary alicyclic amines) is 1. The molecule has 1 fully saturated rings. The molecular formula is C20H27ClN6O. The summed E-state index contributed by atoms with van der Waals surface area (Å²) >= 11 is 5.83. The lowest BCUT2D eigenvalue weighted by atomic mass is 9.93. The molecule has 8 heteroatoms. The van der Waals surface area contributed by atoms with Gasteiger partial charge in [-0.2, -0.15) is 0 Å². The second-order valence-electron chi connectivity index (χ2n) is 8.05. The molecule has 0 atom stereocenters. The standard InChI is InChI=1S/C20H27ClN6O/c1-20(2,3)27-10-6-14(7-11-27)12-25-18-17(22-8-9-23-18)19(28)26-16-5-4-15(21)13-24-16/h4-5,8-9,13-14H,6-7,10-12H2,1-3H3,(H,23,25)(H,24,26,28). The Labute approximate surface area is 170 Å². The van der Waals surface area contributed by atoms with Crippen molar-refractivity contribution in [1.29, 1.82) is 0 Å². The average molecular weight is 403 g/mol. The number of aromatic nitrogens is 3. The van der Waals surface area contributed by atoms with Crippen molar-refractivity contribution in [3.05, 3.63) is 41.4 Å². The van der Waals surface area contributed by atoms with Gasteiger partial charge in [-0.15, -0.1) is 0 Å². The van der Waals surface area contributed by atoms with Gasteiger partial charge in [0.25, 0.3) is 5.91 Å². The molecular weight excluding hydrogens is 376 g/mol. The van der Waals surface area contributed by atoms with Crippen LogP contribution < -0.4 is 10.6 Å². The lowest BCUT2D eigenvalue weighted by Crippen LogP contribution is -2.46.